The van der Waals surface area contributed by atoms with E-state index in [0.717, 1.165) is 0 Å². The van der Waals surface area contributed by atoms with E-state index < -0.39 is 12.0 Å². The Labute approximate surface area is 93.8 Å². The van der Waals surface area contributed by atoms with E-state index in [1.807, 2.05) is 0 Å². The summed E-state index contributed by atoms with van der Waals surface area (Å²) >= 11 is 0. The normalized spacial score (nSPS) is 12.1. The van der Waals surface area contributed by atoms with Crippen molar-refractivity contribution in [2.45, 2.75) is 13.0 Å². The molecule has 1 amide bonds. The fourth-order valence-corrected chi connectivity index (χ4v) is 1.00. The van der Waals surface area contributed by atoms with Gasteiger partial charge in [-0.25, -0.2) is 4.79 Å². The van der Waals surface area contributed by atoms with Crippen molar-refractivity contribution in [1.29, 1.82) is 0 Å². The molecule has 94 valence electrons. The van der Waals surface area contributed by atoms with Gasteiger partial charge in [-0.15, -0.1) is 0 Å². The lowest BCUT2D eigenvalue weighted by Gasteiger charge is -2.13. The van der Waals surface area contributed by atoms with E-state index in [1.165, 1.54) is 6.92 Å². The van der Waals surface area contributed by atoms with Crippen LogP contribution in [0.5, 0.6) is 0 Å². The zero-order chi connectivity index (χ0) is 12.4. The number of aliphatic carboxylic acids is 1. The van der Waals surface area contributed by atoms with E-state index in [9.17, 15) is 9.59 Å². The van der Waals surface area contributed by atoms with Gasteiger partial charge in [-0.1, -0.05) is 0 Å². The summed E-state index contributed by atoms with van der Waals surface area (Å²) < 4.78 is 4.96. The van der Waals surface area contributed by atoms with Gasteiger partial charge in [-0.05, 0) is 0 Å². The number of aliphatic hydroxyl groups is 1. The van der Waals surface area contributed by atoms with Crippen LogP contribution < -0.4 is 10.6 Å². The molecule has 16 heavy (non-hydrogen) atoms. The lowest BCUT2D eigenvalue weighted by Crippen LogP contribution is -2.47. The number of amides is 1. The van der Waals surface area contributed by atoms with Crippen molar-refractivity contribution < 1.29 is 24.5 Å². The Balaban J connectivity index is 3.60. The number of carboxylic acid groups (broad SMARTS) is 1. The standard InChI is InChI=1S/C9H18N2O5/c1-7(13)11-8(9(14)15)6-10-2-4-16-5-3-12/h8,10,12H,2-6H2,1H3,(H,11,13)(H,14,15). The summed E-state index contributed by atoms with van der Waals surface area (Å²) in [5.41, 5.74) is 0. The monoisotopic (exact) mass is 234 g/mol. The van der Waals surface area contributed by atoms with Crippen LogP contribution in [0.4, 0.5) is 0 Å². The minimum Gasteiger partial charge on any atom is -0.480 e. The fraction of sp³-hybridized carbons (Fsp3) is 0.778. The van der Waals surface area contributed by atoms with E-state index >= 15 is 0 Å². The highest BCUT2D eigenvalue weighted by Gasteiger charge is 2.17. The predicted molar refractivity (Wildman–Crippen MR) is 56.0 cm³/mol. The SMILES string of the molecule is CC(=O)NC(CNCCOCCO)C(=O)O. The summed E-state index contributed by atoms with van der Waals surface area (Å²) in [7, 11) is 0. The third-order valence-corrected chi connectivity index (χ3v) is 1.68. The highest BCUT2D eigenvalue weighted by Crippen LogP contribution is 1.82. The van der Waals surface area contributed by atoms with Crippen LogP contribution in [-0.2, 0) is 14.3 Å². The number of carbonyl (C=O) groups excluding carboxylic acids is 1. The van der Waals surface area contributed by atoms with Crippen LogP contribution in [0.3, 0.4) is 0 Å². The molecule has 0 rings (SSSR count). The molecule has 0 bridgehead atoms. The molecule has 0 spiro atoms. The van der Waals surface area contributed by atoms with Gasteiger partial charge in [0.2, 0.25) is 5.91 Å². The molecule has 0 aromatic carbocycles. The van der Waals surface area contributed by atoms with Gasteiger partial charge in [-0.3, -0.25) is 4.79 Å². The second-order valence-electron chi connectivity index (χ2n) is 3.13. The second kappa shape index (κ2) is 9.08. The molecule has 0 aliphatic carbocycles. The summed E-state index contributed by atoms with van der Waals surface area (Å²) in [6.07, 6.45) is 0. The van der Waals surface area contributed by atoms with Gasteiger partial charge in [0.1, 0.15) is 6.04 Å². The maximum Gasteiger partial charge on any atom is 0.327 e. The molecule has 0 aliphatic rings. The van der Waals surface area contributed by atoms with E-state index in [0.29, 0.717) is 13.2 Å². The lowest BCUT2D eigenvalue weighted by atomic mass is 10.3. The maximum atomic E-state index is 10.7. The molecule has 0 saturated heterocycles. The summed E-state index contributed by atoms with van der Waals surface area (Å²) in [6, 6.07) is -0.935. The van der Waals surface area contributed by atoms with E-state index in [4.69, 9.17) is 14.9 Å². The Morgan fingerprint density at radius 1 is 1.38 bits per heavy atom. The quantitative estimate of drug-likeness (QED) is 0.350. The Morgan fingerprint density at radius 3 is 2.56 bits per heavy atom. The molecule has 7 nitrogen and oxygen atoms in total. The Morgan fingerprint density at radius 2 is 2.06 bits per heavy atom. The molecule has 0 radical (unpaired) electrons. The number of hydrogen-bond acceptors (Lipinski definition) is 5. The van der Waals surface area contributed by atoms with Crippen molar-refractivity contribution in [3.8, 4) is 0 Å². The molecule has 0 saturated carbocycles. The molecule has 1 unspecified atom stereocenters. The zero-order valence-electron chi connectivity index (χ0n) is 9.23. The van der Waals surface area contributed by atoms with E-state index in [-0.39, 0.29) is 25.7 Å². The smallest absolute Gasteiger partial charge is 0.327 e. The van der Waals surface area contributed by atoms with Crippen LogP contribution in [0.2, 0.25) is 0 Å². The summed E-state index contributed by atoms with van der Waals surface area (Å²) in [5, 5.41) is 22.3. The fourth-order valence-electron chi connectivity index (χ4n) is 1.00. The van der Waals surface area contributed by atoms with Gasteiger partial charge in [0, 0.05) is 20.0 Å². The first-order valence-electron chi connectivity index (χ1n) is 4.97. The van der Waals surface area contributed by atoms with Crippen molar-refractivity contribution in [2.75, 3.05) is 32.9 Å². The van der Waals surface area contributed by atoms with Crippen molar-refractivity contribution in [2.24, 2.45) is 0 Å². The maximum absolute atomic E-state index is 10.7. The van der Waals surface area contributed by atoms with Crippen LogP contribution in [0.15, 0.2) is 0 Å². The van der Waals surface area contributed by atoms with Crippen LogP contribution >= 0.6 is 0 Å². The van der Waals surface area contributed by atoms with Gasteiger partial charge in [0.25, 0.3) is 0 Å². The van der Waals surface area contributed by atoms with Crippen LogP contribution in [0.1, 0.15) is 6.92 Å². The topological polar surface area (TPSA) is 108 Å². The average molecular weight is 234 g/mol. The van der Waals surface area contributed by atoms with Gasteiger partial charge in [-0.2, -0.15) is 0 Å². The average Bonchev–Trinajstić information content (AvgIpc) is 2.20. The molecule has 4 N–H and O–H groups in total. The Kier molecular flexibility index (Phi) is 8.41. The highest BCUT2D eigenvalue weighted by molar-refractivity contribution is 5.82. The van der Waals surface area contributed by atoms with Crippen LogP contribution in [0.25, 0.3) is 0 Å². The lowest BCUT2D eigenvalue weighted by molar-refractivity contribution is -0.141. The van der Waals surface area contributed by atoms with E-state index in [2.05, 4.69) is 10.6 Å². The number of carboxylic acids is 1. The number of aliphatic hydroxyl groups excluding tert-OH is 1. The number of ether oxygens (including phenoxy) is 1. The molecule has 0 heterocycles. The molecular weight excluding hydrogens is 216 g/mol. The molecule has 0 aromatic rings. The number of hydrogen-bond donors (Lipinski definition) is 4. The molecular formula is C9H18N2O5. The predicted octanol–water partition coefficient (Wildman–Crippen LogP) is -1.83. The third-order valence-electron chi connectivity index (χ3n) is 1.68. The van der Waals surface area contributed by atoms with Crippen LogP contribution in [-0.4, -0.2) is 61.0 Å². The van der Waals surface area contributed by atoms with Gasteiger partial charge in [0.05, 0.1) is 19.8 Å². The number of carbonyl (C=O) groups is 2. The van der Waals surface area contributed by atoms with Crippen molar-refractivity contribution in [3.63, 3.8) is 0 Å². The number of rotatable bonds is 9. The van der Waals surface area contributed by atoms with Crippen molar-refractivity contribution in [3.05, 3.63) is 0 Å². The van der Waals surface area contributed by atoms with Gasteiger partial charge >= 0.3 is 5.97 Å². The summed E-state index contributed by atoms with van der Waals surface area (Å²) in [5.74, 6) is -1.47. The summed E-state index contributed by atoms with van der Waals surface area (Å²) in [6.45, 7) is 2.47. The first kappa shape index (κ1) is 14.8. The largest absolute Gasteiger partial charge is 0.480 e. The van der Waals surface area contributed by atoms with Gasteiger partial charge in [0.15, 0.2) is 0 Å². The first-order valence-corrected chi connectivity index (χ1v) is 4.97. The van der Waals surface area contributed by atoms with Crippen molar-refractivity contribution in [1.82, 2.24) is 10.6 Å². The Bertz CT molecular complexity index is 222. The number of nitrogens with one attached hydrogen (secondary N) is 2. The molecule has 0 aromatic heterocycles. The third kappa shape index (κ3) is 8.16. The molecule has 0 aliphatic heterocycles. The molecule has 1 atom stereocenters. The minimum absolute atomic E-state index is 0.0381. The molecule has 7 heteroatoms. The molecule has 0 fully saturated rings. The summed E-state index contributed by atoms with van der Waals surface area (Å²) in [4.78, 5) is 21.4. The van der Waals surface area contributed by atoms with Crippen LogP contribution in [0, 0.1) is 0 Å². The Hall–Kier alpha value is -1.18. The zero-order valence-corrected chi connectivity index (χ0v) is 9.23. The highest BCUT2D eigenvalue weighted by atomic mass is 16.5. The minimum atomic E-state index is -1.08. The van der Waals surface area contributed by atoms with E-state index in [1.54, 1.807) is 0 Å². The van der Waals surface area contributed by atoms with Gasteiger partial charge < -0.3 is 25.6 Å². The first-order chi connectivity index (χ1) is 7.57. The van der Waals surface area contributed by atoms with Crippen molar-refractivity contribution >= 4 is 11.9 Å². The second-order valence-corrected chi connectivity index (χ2v) is 3.13.